The third-order valence-electron chi connectivity index (χ3n) is 4.01. The van der Waals surface area contributed by atoms with Crippen LogP contribution < -0.4 is 5.32 Å². The first-order valence-corrected chi connectivity index (χ1v) is 8.58. The lowest BCUT2D eigenvalue weighted by Gasteiger charge is -2.32. The summed E-state index contributed by atoms with van der Waals surface area (Å²) in [5.74, 6) is 2.46. The molecule has 0 bridgehead atoms. The van der Waals surface area contributed by atoms with Crippen LogP contribution in [0.5, 0.6) is 0 Å². The maximum atomic E-state index is 5.54. The summed E-state index contributed by atoms with van der Waals surface area (Å²) in [6.45, 7) is 5.09. The van der Waals surface area contributed by atoms with Gasteiger partial charge in [0.25, 0.3) is 0 Å². The van der Waals surface area contributed by atoms with Gasteiger partial charge in [0.05, 0.1) is 17.1 Å². The quantitative estimate of drug-likeness (QED) is 0.443. The number of guanidine groups is 1. The molecule has 0 unspecified atom stereocenters. The highest BCUT2D eigenvalue weighted by atomic mass is 127. The van der Waals surface area contributed by atoms with Crippen molar-refractivity contribution in [1.82, 2.24) is 15.2 Å². The third kappa shape index (κ3) is 4.69. The molecule has 0 aliphatic carbocycles. The van der Waals surface area contributed by atoms with Gasteiger partial charge in [-0.2, -0.15) is 0 Å². The molecule has 0 spiro atoms. The molecule has 23 heavy (non-hydrogen) atoms. The predicted molar refractivity (Wildman–Crippen MR) is 105 cm³/mol. The first-order valence-electron chi connectivity index (χ1n) is 7.70. The van der Waals surface area contributed by atoms with Gasteiger partial charge in [-0.05, 0) is 30.2 Å². The van der Waals surface area contributed by atoms with E-state index < -0.39 is 0 Å². The van der Waals surface area contributed by atoms with Crippen molar-refractivity contribution in [1.29, 1.82) is 0 Å². The molecule has 126 valence electrons. The molecule has 5 nitrogen and oxygen atoms in total. The summed E-state index contributed by atoms with van der Waals surface area (Å²) in [4.78, 5) is 12.3. The molecule has 3 rings (SSSR count). The second-order valence-corrected chi connectivity index (χ2v) is 6.64. The van der Waals surface area contributed by atoms with Crippen LogP contribution in [-0.4, -0.2) is 36.0 Å². The number of piperidine rings is 1. The molecule has 0 radical (unpaired) electrons. The van der Waals surface area contributed by atoms with E-state index in [1.807, 2.05) is 24.6 Å². The van der Waals surface area contributed by atoms with Gasteiger partial charge in [-0.3, -0.25) is 4.99 Å². The molecule has 2 aromatic heterocycles. The molecule has 1 N–H and O–H groups in total. The van der Waals surface area contributed by atoms with E-state index in [0.717, 1.165) is 35.5 Å². The Morgan fingerprint density at radius 2 is 2.26 bits per heavy atom. The average Bonchev–Trinajstić information content (AvgIpc) is 3.20. The zero-order chi connectivity index (χ0) is 15.4. The third-order valence-corrected chi connectivity index (χ3v) is 4.86. The Bertz CT molecular complexity index is 618. The van der Waals surface area contributed by atoms with Gasteiger partial charge >= 0.3 is 0 Å². The second-order valence-electron chi connectivity index (χ2n) is 5.69. The Morgan fingerprint density at radius 1 is 1.48 bits per heavy atom. The van der Waals surface area contributed by atoms with Crippen molar-refractivity contribution < 1.29 is 4.42 Å². The highest BCUT2D eigenvalue weighted by Gasteiger charge is 2.18. The fourth-order valence-electron chi connectivity index (χ4n) is 2.62. The molecule has 0 atom stereocenters. The maximum absolute atomic E-state index is 5.54. The Morgan fingerprint density at radius 3 is 2.91 bits per heavy atom. The molecule has 2 aromatic rings. The second kappa shape index (κ2) is 8.68. The van der Waals surface area contributed by atoms with E-state index in [1.54, 1.807) is 17.6 Å². The van der Waals surface area contributed by atoms with Gasteiger partial charge in [0.2, 0.25) is 5.89 Å². The molecule has 3 heterocycles. The van der Waals surface area contributed by atoms with Crippen molar-refractivity contribution in [2.45, 2.75) is 26.3 Å². The molecule has 0 amide bonds. The molecule has 1 aliphatic rings. The minimum Gasteiger partial charge on any atom is -0.443 e. The van der Waals surface area contributed by atoms with Crippen LogP contribution in [0.3, 0.4) is 0 Å². The summed E-state index contributed by atoms with van der Waals surface area (Å²) in [6.07, 6.45) is 4.17. The first-order chi connectivity index (χ1) is 10.8. The first kappa shape index (κ1) is 18.3. The zero-order valence-electron chi connectivity index (χ0n) is 13.5. The topological polar surface area (TPSA) is 53.7 Å². The summed E-state index contributed by atoms with van der Waals surface area (Å²) < 4.78 is 5.54. The molecule has 1 aliphatic heterocycles. The minimum atomic E-state index is 0. The summed E-state index contributed by atoms with van der Waals surface area (Å²) in [5, 5.41) is 5.41. The molecule has 1 fully saturated rings. The molecule has 7 heteroatoms. The van der Waals surface area contributed by atoms with Gasteiger partial charge < -0.3 is 14.6 Å². The van der Waals surface area contributed by atoms with Crippen LogP contribution >= 0.6 is 35.3 Å². The highest BCUT2D eigenvalue weighted by molar-refractivity contribution is 14.0. The summed E-state index contributed by atoms with van der Waals surface area (Å²) in [5.41, 5.74) is 0.898. The Hall–Kier alpha value is -1.09. The van der Waals surface area contributed by atoms with Crippen molar-refractivity contribution in [3.05, 3.63) is 29.5 Å². The number of rotatable bonds is 3. The monoisotopic (exact) mass is 446 g/mol. The highest BCUT2D eigenvalue weighted by Crippen LogP contribution is 2.23. The number of hydrogen-bond acceptors (Lipinski definition) is 4. The molecular formula is C16H23IN4OS. The van der Waals surface area contributed by atoms with Crippen LogP contribution in [0.1, 0.15) is 25.5 Å². The van der Waals surface area contributed by atoms with Crippen LogP contribution in [0, 0.1) is 5.92 Å². The summed E-state index contributed by atoms with van der Waals surface area (Å²) >= 11 is 1.63. The predicted octanol–water partition coefficient (Wildman–Crippen LogP) is 3.83. The van der Waals surface area contributed by atoms with Gasteiger partial charge in [-0.1, -0.05) is 13.0 Å². The van der Waals surface area contributed by atoms with Gasteiger partial charge in [-0.25, -0.2) is 4.98 Å². The van der Waals surface area contributed by atoms with E-state index in [1.165, 1.54) is 12.8 Å². The number of thiophene rings is 1. The number of oxazole rings is 1. The number of aliphatic imine (C=N–C) groups is 1. The van der Waals surface area contributed by atoms with Crippen molar-refractivity contribution in [2.75, 3.05) is 20.1 Å². The Balaban J connectivity index is 0.00000192. The molecule has 0 aromatic carbocycles. The molecular weight excluding hydrogens is 423 g/mol. The number of likely N-dealkylation sites (tertiary alicyclic amines) is 1. The van der Waals surface area contributed by atoms with Gasteiger partial charge in [0.15, 0.2) is 5.96 Å². The van der Waals surface area contributed by atoms with Crippen LogP contribution in [0.15, 0.2) is 33.2 Å². The SMILES string of the molecule is CN=C(NCc1coc(-c2cccs2)n1)N1CCC(C)CC1.I. The Kier molecular flexibility index (Phi) is 6.88. The molecule has 1 saturated heterocycles. The summed E-state index contributed by atoms with van der Waals surface area (Å²) in [7, 11) is 1.83. The van der Waals surface area contributed by atoms with Crippen LogP contribution in [0.25, 0.3) is 10.8 Å². The van der Waals surface area contributed by atoms with E-state index in [-0.39, 0.29) is 24.0 Å². The van der Waals surface area contributed by atoms with Gasteiger partial charge in [0, 0.05) is 20.1 Å². The number of halogens is 1. The van der Waals surface area contributed by atoms with E-state index in [4.69, 9.17) is 4.42 Å². The lowest BCUT2D eigenvalue weighted by Crippen LogP contribution is -2.45. The van der Waals surface area contributed by atoms with Crippen molar-refractivity contribution in [3.63, 3.8) is 0 Å². The smallest absolute Gasteiger partial charge is 0.236 e. The summed E-state index contributed by atoms with van der Waals surface area (Å²) in [6, 6.07) is 4.02. The van der Waals surface area contributed by atoms with E-state index in [0.29, 0.717) is 12.4 Å². The number of nitrogens with zero attached hydrogens (tertiary/aromatic N) is 3. The van der Waals surface area contributed by atoms with Crippen molar-refractivity contribution >= 4 is 41.3 Å². The lowest BCUT2D eigenvalue weighted by atomic mass is 10.00. The Labute approximate surface area is 158 Å². The van der Waals surface area contributed by atoms with Crippen LogP contribution in [0.2, 0.25) is 0 Å². The fourth-order valence-corrected chi connectivity index (χ4v) is 3.28. The number of aromatic nitrogens is 1. The molecule has 0 saturated carbocycles. The average molecular weight is 446 g/mol. The zero-order valence-corrected chi connectivity index (χ0v) is 16.6. The minimum absolute atomic E-state index is 0. The van der Waals surface area contributed by atoms with Gasteiger partial charge in [0.1, 0.15) is 6.26 Å². The van der Waals surface area contributed by atoms with E-state index >= 15 is 0 Å². The van der Waals surface area contributed by atoms with Gasteiger partial charge in [-0.15, -0.1) is 35.3 Å². The van der Waals surface area contributed by atoms with Crippen molar-refractivity contribution in [3.8, 4) is 10.8 Å². The number of nitrogens with one attached hydrogen (secondary N) is 1. The normalized spacial score (nSPS) is 16.3. The number of hydrogen-bond donors (Lipinski definition) is 1. The fraction of sp³-hybridized carbons (Fsp3) is 0.500. The largest absolute Gasteiger partial charge is 0.443 e. The van der Waals surface area contributed by atoms with Crippen LogP contribution in [0.4, 0.5) is 0 Å². The van der Waals surface area contributed by atoms with E-state index in [9.17, 15) is 0 Å². The van der Waals surface area contributed by atoms with Crippen molar-refractivity contribution in [2.24, 2.45) is 10.9 Å². The van der Waals surface area contributed by atoms with Crippen LogP contribution in [-0.2, 0) is 6.54 Å². The maximum Gasteiger partial charge on any atom is 0.236 e. The van der Waals surface area contributed by atoms with E-state index in [2.05, 4.69) is 27.1 Å². The lowest BCUT2D eigenvalue weighted by molar-refractivity contribution is 0.273. The standard InChI is InChI=1S/C16H22N4OS.HI/c1-12-5-7-20(8-6-12)16(17-2)18-10-13-11-21-15(19-13)14-4-3-9-22-14;/h3-4,9,11-12H,5-8,10H2,1-2H3,(H,17,18);1H.